The average molecular weight is 725 g/mol. The van der Waals surface area contributed by atoms with Gasteiger partial charge in [-0.1, -0.05) is 74.1 Å². The summed E-state index contributed by atoms with van der Waals surface area (Å²) < 4.78 is 8.76. The van der Waals surface area contributed by atoms with E-state index in [2.05, 4.69) is 15.3 Å². The maximum Gasteiger partial charge on any atom is 0.412 e. The van der Waals surface area contributed by atoms with Crippen LogP contribution >= 0.6 is 46.4 Å². The summed E-state index contributed by atoms with van der Waals surface area (Å²) in [5.74, 6) is 0.170. The van der Waals surface area contributed by atoms with Gasteiger partial charge in [0.05, 0.1) is 25.7 Å². The number of nitrogens with one attached hydrogen (secondary N) is 1. The van der Waals surface area contributed by atoms with Crippen molar-refractivity contribution in [3.8, 4) is 0 Å². The molecule has 0 radical (unpaired) electrons. The largest absolute Gasteiger partial charge is 0.444 e. The smallest absolute Gasteiger partial charge is 0.412 e. The Morgan fingerprint density at radius 3 is 1.53 bits per heavy atom. The highest BCUT2D eigenvalue weighted by molar-refractivity contribution is 6.37. The number of rotatable bonds is 7. The number of anilines is 2. The Balaban J connectivity index is 0.000000267. The van der Waals surface area contributed by atoms with E-state index in [9.17, 15) is 14.4 Å². The fourth-order valence-corrected chi connectivity index (χ4v) is 5.52. The highest BCUT2D eigenvalue weighted by Gasteiger charge is 2.18. The van der Waals surface area contributed by atoms with Crippen LogP contribution in [0.3, 0.4) is 0 Å². The predicted molar refractivity (Wildman–Crippen MR) is 191 cm³/mol. The van der Waals surface area contributed by atoms with Crippen LogP contribution in [0.2, 0.25) is 20.1 Å². The molecule has 4 rings (SSSR count). The molecule has 252 valence electrons. The maximum atomic E-state index is 11.9. The van der Waals surface area contributed by atoms with Crippen LogP contribution < -0.4 is 22.2 Å². The lowest BCUT2D eigenvalue weighted by molar-refractivity contribution is 0.0636. The molecule has 0 spiro atoms. The van der Waals surface area contributed by atoms with Crippen molar-refractivity contribution < 1.29 is 9.53 Å². The zero-order valence-electron chi connectivity index (χ0n) is 27.2. The molecular formula is C33H38Cl4N6O4. The first kappa shape index (κ1) is 37.9. The Morgan fingerprint density at radius 1 is 0.787 bits per heavy atom. The molecule has 2 aromatic heterocycles. The van der Waals surface area contributed by atoms with Crippen molar-refractivity contribution in [2.45, 2.75) is 79.0 Å². The van der Waals surface area contributed by atoms with E-state index in [0.29, 0.717) is 61.2 Å². The highest BCUT2D eigenvalue weighted by Crippen LogP contribution is 2.31. The van der Waals surface area contributed by atoms with Gasteiger partial charge in [-0.2, -0.15) is 9.97 Å². The lowest BCUT2D eigenvalue weighted by atomic mass is 10.1. The van der Waals surface area contributed by atoms with Crippen LogP contribution in [-0.4, -0.2) is 30.8 Å². The topological polar surface area (TPSA) is 134 Å². The van der Waals surface area contributed by atoms with Crippen LogP contribution in [0.5, 0.6) is 0 Å². The van der Waals surface area contributed by atoms with E-state index in [1.165, 1.54) is 12.7 Å². The summed E-state index contributed by atoms with van der Waals surface area (Å²) in [5, 5.41) is 4.39. The third-order valence-corrected chi connectivity index (χ3v) is 7.97. The summed E-state index contributed by atoms with van der Waals surface area (Å²) >= 11 is 25.0. The summed E-state index contributed by atoms with van der Waals surface area (Å²) in [6.07, 6.45) is 5.88. The average Bonchev–Trinajstić information content (AvgIpc) is 2.93. The van der Waals surface area contributed by atoms with Crippen LogP contribution in [0, 0.1) is 0 Å². The van der Waals surface area contributed by atoms with E-state index in [1.807, 2.05) is 27.7 Å². The second-order valence-electron chi connectivity index (χ2n) is 12.4. The minimum absolute atomic E-state index is 0.0591. The third-order valence-electron chi connectivity index (χ3n) is 6.63. The first-order valence-electron chi connectivity index (χ1n) is 14.7. The molecule has 0 bridgehead atoms. The number of ether oxygens (including phenoxy) is 1. The van der Waals surface area contributed by atoms with Gasteiger partial charge in [-0.05, 0) is 56.9 Å². The molecule has 0 fully saturated rings. The number of benzene rings is 2. The lowest BCUT2D eigenvalue weighted by Gasteiger charge is -2.20. The van der Waals surface area contributed by atoms with Crippen molar-refractivity contribution >= 4 is 63.9 Å². The van der Waals surface area contributed by atoms with E-state index in [4.69, 9.17) is 56.9 Å². The molecule has 0 unspecified atom stereocenters. The Labute approximate surface area is 293 Å². The predicted octanol–water partition coefficient (Wildman–Crippen LogP) is 8.37. The van der Waals surface area contributed by atoms with Crippen LogP contribution in [0.4, 0.5) is 16.2 Å². The summed E-state index contributed by atoms with van der Waals surface area (Å²) in [5.41, 5.74) is 8.27. The molecule has 1 amide bonds. The van der Waals surface area contributed by atoms with E-state index >= 15 is 0 Å². The number of amides is 1. The van der Waals surface area contributed by atoms with Gasteiger partial charge < -0.3 is 19.6 Å². The third kappa shape index (κ3) is 11.0. The Hall–Kier alpha value is -3.57. The van der Waals surface area contributed by atoms with Crippen molar-refractivity contribution in [3.05, 3.63) is 112 Å². The lowest BCUT2D eigenvalue weighted by Crippen LogP contribution is -2.27. The number of nitrogens with two attached hydrogens (primary N) is 1. The zero-order valence-corrected chi connectivity index (χ0v) is 30.2. The standard InChI is InChI=1S/C19H23Cl2N3O3.C14H15Cl2N3O/c1-11(2)13-8-24(10-22-17(13)25)9-14-15(20)6-12(7-16(14)21)23-18(26)27-19(3,4)5;1-8(2)10-5-19(7-18-14(10)20)6-11-12(15)3-9(17)4-13(11)16/h6-8,10-11H,9H2,1-5H3,(H,23,26);3-5,7-8H,6,17H2,1-2H3. The van der Waals surface area contributed by atoms with Crippen LogP contribution in [0.25, 0.3) is 0 Å². The van der Waals surface area contributed by atoms with Gasteiger partial charge in [0, 0.05) is 66.1 Å². The van der Waals surface area contributed by atoms with E-state index in [0.717, 1.165) is 5.56 Å². The Bertz CT molecular complexity index is 1820. The Kier molecular flexibility index (Phi) is 12.9. The van der Waals surface area contributed by atoms with Crippen molar-refractivity contribution in [2.75, 3.05) is 11.1 Å². The fraction of sp³-hybridized carbons (Fsp3) is 0.364. The fourth-order valence-electron chi connectivity index (χ4n) is 4.29. The number of hydrogen-bond acceptors (Lipinski definition) is 7. The maximum absolute atomic E-state index is 11.9. The number of carbonyl (C=O) groups excluding carboxylic acids is 1. The molecule has 3 N–H and O–H groups in total. The van der Waals surface area contributed by atoms with Gasteiger partial charge >= 0.3 is 6.09 Å². The van der Waals surface area contributed by atoms with Crippen molar-refractivity contribution in [3.63, 3.8) is 0 Å². The monoisotopic (exact) mass is 722 g/mol. The minimum atomic E-state index is -0.608. The highest BCUT2D eigenvalue weighted by atomic mass is 35.5. The first-order valence-corrected chi connectivity index (χ1v) is 16.2. The summed E-state index contributed by atoms with van der Waals surface area (Å²) in [6, 6.07) is 6.52. The molecule has 4 aromatic rings. The molecule has 10 nitrogen and oxygen atoms in total. The Morgan fingerprint density at radius 2 is 1.17 bits per heavy atom. The van der Waals surface area contributed by atoms with Crippen molar-refractivity contribution in [2.24, 2.45) is 0 Å². The molecule has 2 aromatic carbocycles. The van der Waals surface area contributed by atoms with Gasteiger partial charge in [-0.25, -0.2) is 4.79 Å². The van der Waals surface area contributed by atoms with Gasteiger partial charge in [0.1, 0.15) is 5.60 Å². The normalized spacial score (nSPS) is 11.3. The first-order chi connectivity index (χ1) is 21.8. The summed E-state index contributed by atoms with van der Waals surface area (Å²) in [6.45, 7) is 13.9. The van der Waals surface area contributed by atoms with Crippen LogP contribution in [0.1, 0.15) is 82.6 Å². The van der Waals surface area contributed by atoms with Crippen LogP contribution in [-0.2, 0) is 17.8 Å². The van der Waals surface area contributed by atoms with Crippen LogP contribution in [0.15, 0.2) is 58.9 Å². The number of hydrogen-bond donors (Lipinski definition) is 2. The van der Waals surface area contributed by atoms with Gasteiger partial charge in [-0.3, -0.25) is 14.9 Å². The molecular weight excluding hydrogens is 686 g/mol. The summed E-state index contributed by atoms with van der Waals surface area (Å²) in [7, 11) is 0. The number of aromatic nitrogens is 4. The molecule has 14 heteroatoms. The molecule has 0 aliphatic heterocycles. The van der Waals surface area contributed by atoms with Gasteiger partial charge in [0.15, 0.2) is 0 Å². The molecule has 0 aliphatic rings. The SMILES string of the molecule is CC(C)c1cn(Cc2c(Cl)cc(N)cc2Cl)cnc1=O.CC(C)c1cn(Cc2c(Cl)cc(NC(=O)OC(C)(C)C)cc2Cl)cnc1=O. The second kappa shape index (κ2) is 16.0. The number of carbonyl (C=O) groups is 1. The van der Waals surface area contributed by atoms with E-state index < -0.39 is 11.7 Å². The molecule has 2 heterocycles. The molecule has 0 saturated heterocycles. The quantitative estimate of drug-likeness (QED) is 0.183. The van der Waals surface area contributed by atoms with E-state index in [-0.39, 0.29) is 23.0 Å². The van der Waals surface area contributed by atoms with E-state index in [1.54, 1.807) is 66.6 Å². The number of nitrogen functional groups attached to an aromatic ring is 1. The zero-order chi connectivity index (χ0) is 35.2. The molecule has 0 atom stereocenters. The summed E-state index contributed by atoms with van der Waals surface area (Å²) in [4.78, 5) is 43.1. The van der Waals surface area contributed by atoms with Crippen molar-refractivity contribution in [1.82, 2.24) is 19.1 Å². The minimum Gasteiger partial charge on any atom is -0.444 e. The van der Waals surface area contributed by atoms with Gasteiger partial charge in [0.25, 0.3) is 11.1 Å². The molecule has 0 saturated carbocycles. The van der Waals surface area contributed by atoms with Crippen molar-refractivity contribution in [1.29, 1.82) is 0 Å². The number of halogens is 4. The van der Waals surface area contributed by atoms with Gasteiger partial charge in [0.2, 0.25) is 0 Å². The molecule has 47 heavy (non-hydrogen) atoms. The second-order valence-corrected chi connectivity index (χ2v) is 14.1. The molecule has 0 aliphatic carbocycles. The van der Waals surface area contributed by atoms with Gasteiger partial charge in [-0.15, -0.1) is 0 Å². The number of nitrogens with zero attached hydrogens (tertiary/aromatic N) is 4.